The summed E-state index contributed by atoms with van der Waals surface area (Å²) in [5.41, 5.74) is 0. The molecule has 0 aromatic heterocycles. The van der Waals surface area contributed by atoms with Gasteiger partial charge in [-0.05, 0) is 0 Å². The summed E-state index contributed by atoms with van der Waals surface area (Å²) in [5, 5.41) is 0. The largest absolute Gasteiger partial charge is 2.00 e. The summed E-state index contributed by atoms with van der Waals surface area (Å²) in [6, 6.07) is 0. The first-order chi connectivity index (χ1) is 0. The summed E-state index contributed by atoms with van der Waals surface area (Å²) in [6.45, 7) is 0. The Morgan fingerprint density at radius 1 is 0.300 bits per heavy atom. The van der Waals surface area contributed by atoms with E-state index in [0.29, 0.717) is 0 Å². The van der Waals surface area contributed by atoms with Crippen molar-refractivity contribution in [2.24, 2.45) is 0 Å². The minimum absolute atomic E-state index is 0. The van der Waals surface area contributed by atoms with Crippen LogP contribution in [0, 0.1) is 0 Å². The zero-order valence-corrected chi connectivity index (χ0v) is 27.6. The van der Waals surface area contributed by atoms with Crippen molar-refractivity contribution >= 4 is 348 Å². The fraction of sp³-hybridized carbons (Fsp3) is 0. The van der Waals surface area contributed by atoms with E-state index >= 15 is 0 Å². The first-order valence-corrected chi connectivity index (χ1v) is 0. The minimum Gasteiger partial charge on any atom is -1.00 e. The second kappa shape index (κ2) is 58.8. The van der Waals surface area contributed by atoms with Gasteiger partial charge in [0.25, 0.3) is 0 Å². The van der Waals surface area contributed by atoms with Crippen molar-refractivity contribution in [1.82, 2.24) is 0 Å². The average molecular weight is 389 g/mol. The summed E-state index contributed by atoms with van der Waals surface area (Å²) in [7, 11) is 0. The van der Waals surface area contributed by atoms with Gasteiger partial charge in [0.15, 0.2) is 0 Å². The molecule has 0 heterocycles. The van der Waals surface area contributed by atoms with Crippen LogP contribution in [-0.2, 0) is 0 Å². The Hall–Kier alpha value is 11.6. The van der Waals surface area contributed by atoms with E-state index in [9.17, 15) is 0 Å². The van der Waals surface area contributed by atoms with Gasteiger partial charge in [-0.1, -0.05) is 0 Å². The van der Waals surface area contributed by atoms with Crippen LogP contribution in [0.5, 0.6) is 0 Å². The van der Waals surface area contributed by atoms with Crippen molar-refractivity contribution in [2.45, 2.75) is 0 Å². The van der Waals surface area contributed by atoms with Gasteiger partial charge in [-0.15, -0.1) is 0 Å². The third kappa shape index (κ3) is 50.4. The molecule has 0 aromatic rings. The Bertz CT molecular complexity index is 34.8. The molecule has 0 amide bonds. The molecule has 0 saturated heterocycles. The molecule has 40 valence electrons. The molecular formula is H20Ca8Mg2. The predicted octanol–water partition coefficient (Wildman–Crippen LogP) is -1.56. The van der Waals surface area contributed by atoms with Gasteiger partial charge in [0.2, 0.25) is 0 Å². The molecule has 0 saturated carbocycles. The quantitative estimate of drug-likeness (QED) is 0.440. The van der Waals surface area contributed by atoms with E-state index in [1.54, 1.807) is 0 Å². The Morgan fingerprint density at radius 2 is 0.300 bits per heavy atom. The van der Waals surface area contributed by atoms with Crippen LogP contribution in [0.3, 0.4) is 0 Å². The van der Waals surface area contributed by atoms with E-state index in [2.05, 4.69) is 0 Å². The van der Waals surface area contributed by atoms with Crippen LogP contribution in [-0.4, -0.2) is 348 Å². The third-order valence-corrected chi connectivity index (χ3v) is 0. The second-order valence-corrected chi connectivity index (χ2v) is 0. The van der Waals surface area contributed by atoms with Crippen LogP contribution < -0.4 is 0 Å². The maximum atomic E-state index is 0. The van der Waals surface area contributed by atoms with Crippen molar-refractivity contribution in [3.63, 3.8) is 0 Å². The standard InChI is InChI=1S/8Ca.2Mg.20H/q10*+2;20*-1. The van der Waals surface area contributed by atoms with E-state index in [4.69, 9.17) is 0 Å². The Morgan fingerprint density at radius 3 is 0.300 bits per heavy atom. The van der Waals surface area contributed by atoms with Crippen molar-refractivity contribution in [1.29, 1.82) is 0 Å². The van der Waals surface area contributed by atoms with Gasteiger partial charge >= 0.3 is 348 Å². The van der Waals surface area contributed by atoms with Crippen LogP contribution in [0.4, 0.5) is 0 Å². The minimum atomic E-state index is 0. The SMILES string of the molecule is [Ca+2].[Ca+2].[Ca+2].[Ca+2].[Ca+2].[Ca+2].[Ca+2].[Ca+2].[H-].[H-].[H-].[H-].[H-].[H-].[H-].[H-].[H-].[H-].[H-].[H-].[H-].[H-].[H-].[H-].[H-].[H-].[H-].[H-].[Mg+2].[Mg+2]. The van der Waals surface area contributed by atoms with Gasteiger partial charge in [0, 0.05) is 0 Å². The molecule has 10 heavy (non-hydrogen) atoms. The van der Waals surface area contributed by atoms with Crippen LogP contribution in [0.25, 0.3) is 0 Å². The second-order valence-electron chi connectivity index (χ2n) is 0. The van der Waals surface area contributed by atoms with Crippen LogP contribution in [0.2, 0.25) is 0 Å². The zero-order valence-electron chi connectivity index (χ0n) is 27.1. The smallest absolute Gasteiger partial charge is 1.00 e. The maximum Gasteiger partial charge on any atom is 2.00 e. The first-order valence-electron chi connectivity index (χ1n) is 0. The summed E-state index contributed by atoms with van der Waals surface area (Å²) < 4.78 is 0. The molecular weight excluding hydrogens is 369 g/mol. The number of hydrogen-bond acceptors (Lipinski definition) is 0. The van der Waals surface area contributed by atoms with Crippen LogP contribution in [0.15, 0.2) is 0 Å². The molecule has 0 spiro atoms. The van der Waals surface area contributed by atoms with Crippen LogP contribution >= 0.6 is 0 Å². The van der Waals surface area contributed by atoms with Gasteiger partial charge in [0.1, 0.15) is 0 Å². The molecule has 0 unspecified atom stereocenters. The van der Waals surface area contributed by atoms with E-state index in [1.165, 1.54) is 0 Å². The Balaban J connectivity index is 0. The number of rotatable bonds is 0. The fourth-order valence-corrected chi connectivity index (χ4v) is 0. The Labute approximate surface area is 365 Å². The summed E-state index contributed by atoms with van der Waals surface area (Å²) in [6.07, 6.45) is 0. The van der Waals surface area contributed by atoms with Crippen molar-refractivity contribution in [2.75, 3.05) is 0 Å². The van der Waals surface area contributed by atoms with Gasteiger partial charge in [-0.25, -0.2) is 0 Å². The molecule has 0 N–H and O–H groups in total. The summed E-state index contributed by atoms with van der Waals surface area (Å²) in [4.78, 5) is 0. The van der Waals surface area contributed by atoms with E-state index < -0.39 is 0 Å². The molecule has 0 aliphatic carbocycles. The third-order valence-electron chi connectivity index (χ3n) is 0. The van der Waals surface area contributed by atoms with Crippen molar-refractivity contribution < 1.29 is 28.5 Å². The summed E-state index contributed by atoms with van der Waals surface area (Å²) in [5.74, 6) is 0. The molecule has 0 aliphatic heterocycles. The first kappa shape index (κ1) is 68.1. The van der Waals surface area contributed by atoms with Gasteiger partial charge in [0.05, 0.1) is 0 Å². The zero-order chi connectivity index (χ0) is 0. The van der Waals surface area contributed by atoms with E-state index in [-0.39, 0.29) is 377 Å². The number of hydrogen-bond donors (Lipinski definition) is 0. The van der Waals surface area contributed by atoms with Gasteiger partial charge in [-0.2, -0.15) is 0 Å². The molecule has 0 fully saturated rings. The summed E-state index contributed by atoms with van der Waals surface area (Å²) >= 11 is 0. The Kier molecular flexibility index (Phi) is 400. The van der Waals surface area contributed by atoms with Gasteiger partial charge < -0.3 is 28.5 Å². The molecule has 0 nitrogen and oxygen atoms in total. The van der Waals surface area contributed by atoms with E-state index in [0.717, 1.165) is 0 Å². The topological polar surface area (TPSA) is 0 Å². The molecule has 0 aromatic carbocycles. The average Bonchev–Trinajstić information content (AvgIpc) is 0. The van der Waals surface area contributed by atoms with Crippen LogP contribution in [0.1, 0.15) is 28.5 Å². The molecule has 0 rings (SSSR count). The molecule has 0 aliphatic rings. The molecule has 0 atom stereocenters. The van der Waals surface area contributed by atoms with Crippen molar-refractivity contribution in [3.8, 4) is 0 Å². The monoisotopic (exact) mass is 388 g/mol. The fourth-order valence-electron chi connectivity index (χ4n) is 0. The van der Waals surface area contributed by atoms with Crippen molar-refractivity contribution in [3.05, 3.63) is 0 Å². The molecule has 0 bridgehead atoms. The van der Waals surface area contributed by atoms with E-state index in [1.807, 2.05) is 0 Å². The normalized spacial score (nSPS) is 0. The predicted molar refractivity (Wildman–Crippen MR) is 79.8 cm³/mol. The van der Waals surface area contributed by atoms with Gasteiger partial charge in [-0.3, -0.25) is 0 Å². The molecule has 10 heteroatoms. The molecule has 0 radical (unpaired) electrons. The maximum absolute atomic E-state index is 0.